The quantitative estimate of drug-likeness (QED) is 0.854. The molecule has 108 valence electrons. The van der Waals surface area contributed by atoms with Crippen LogP contribution in [0.3, 0.4) is 0 Å². The highest BCUT2D eigenvalue weighted by Crippen LogP contribution is 2.42. The number of rotatable bonds is 4. The summed E-state index contributed by atoms with van der Waals surface area (Å²) in [6.07, 6.45) is 6.08. The second-order valence-electron chi connectivity index (χ2n) is 5.43. The van der Waals surface area contributed by atoms with Gasteiger partial charge in [-0.2, -0.15) is 0 Å². The first kappa shape index (κ1) is 14.0. The molecule has 2 fully saturated rings. The van der Waals surface area contributed by atoms with Gasteiger partial charge in [0.25, 0.3) is 0 Å². The predicted octanol–water partition coefficient (Wildman–Crippen LogP) is 3.24. The van der Waals surface area contributed by atoms with Crippen molar-refractivity contribution in [2.24, 2.45) is 5.92 Å². The minimum absolute atomic E-state index is 0.295. The lowest BCUT2D eigenvalue weighted by atomic mass is 10.0. The molecule has 1 heterocycles. The monoisotopic (exact) mass is 292 g/mol. The Morgan fingerprint density at radius 3 is 2.75 bits per heavy atom. The van der Waals surface area contributed by atoms with E-state index in [2.05, 4.69) is 0 Å². The maximum atomic E-state index is 12.0. The van der Waals surface area contributed by atoms with Gasteiger partial charge in [0, 0.05) is 23.1 Å². The number of ether oxygens (including phenoxy) is 2. The number of hydrogen-bond donors (Lipinski definition) is 0. The molecule has 1 aliphatic heterocycles. The molecule has 1 spiro atoms. The van der Waals surface area contributed by atoms with E-state index in [0.717, 1.165) is 43.8 Å². The van der Waals surface area contributed by atoms with Crippen molar-refractivity contribution in [1.82, 2.24) is 0 Å². The first-order valence-electron chi connectivity index (χ1n) is 7.18. The van der Waals surface area contributed by atoms with Gasteiger partial charge >= 0.3 is 0 Å². The molecule has 1 aromatic carbocycles. The van der Waals surface area contributed by atoms with Crippen LogP contribution < -0.4 is 0 Å². The number of hydrogen-bond acceptors (Lipinski definition) is 3. The minimum Gasteiger partial charge on any atom is -0.348 e. The molecule has 3 rings (SSSR count). The molecular formula is C16H20O3S. The highest BCUT2D eigenvalue weighted by atomic mass is 32.2. The van der Waals surface area contributed by atoms with E-state index in [1.807, 2.05) is 36.4 Å². The van der Waals surface area contributed by atoms with E-state index in [1.165, 1.54) is 0 Å². The van der Waals surface area contributed by atoms with Crippen molar-refractivity contribution in [2.45, 2.75) is 36.4 Å². The van der Waals surface area contributed by atoms with E-state index in [9.17, 15) is 4.21 Å². The van der Waals surface area contributed by atoms with Gasteiger partial charge in [0.15, 0.2) is 5.79 Å². The van der Waals surface area contributed by atoms with Gasteiger partial charge in [-0.05, 0) is 30.9 Å². The number of allylic oxidation sites excluding steroid dienone is 1. The molecule has 0 radical (unpaired) electrons. The van der Waals surface area contributed by atoms with Crippen LogP contribution in [-0.4, -0.2) is 23.2 Å². The lowest BCUT2D eigenvalue weighted by Gasteiger charge is -2.21. The average Bonchev–Trinajstić information content (AvgIpc) is 3.10. The van der Waals surface area contributed by atoms with Crippen LogP contribution in [0.5, 0.6) is 0 Å². The highest BCUT2D eigenvalue weighted by Gasteiger charge is 2.43. The van der Waals surface area contributed by atoms with Gasteiger partial charge in [0.05, 0.1) is 24.0 Å². The first-order chi connectivity index (χ1) is 9.77. The first-order valence-corrected chi connectivity index (χ1v) is 8.39. The van der Waals surface area contributed by atoms with Crippen molar-refractivity contribution in [3.63, 3.8) is 0 Å². The topological polar surface area (TPSA) is 35.5 Å². The van der Waals surface area contributed by atoms with Crippen LogP contribution in [0, 0.1) is 5.92 Å². The van der Waals surface area contributed by atoms with E-state index in [4.69, 9.17) is 9.47 Å². The van der Waals surface area contributed by atoms with Crippen LogP contribution in [0.25, 0.3) is 0 Å². The summed E-state index contributed by atoms with van der Waals surface area (Å²) in [7, 11) is -1.04. The molecule has 2 aliphatic rings. The Morgan fingerprint density at radius 2 is 2.00 bits per heavy atom. The van der Waals surface area contributed by atoms with E-state index >= 15 is 0 Å². The average molecular weight is 292 g/mol. The van der Waals surface area contributed by atoms with E-state index in [1.54, 1.807) is 5.41 Å². The van der Waals surface area contributed by atoms with Crippen LogP contribution in [-0.2, 0) is 20.3 Å². The van der Waals surface area contributed by atoms with Gasteiger partial charge in [-0.15, -0.1) is 0 Å². The van der Waals surface area contributed by atoms with Gasteiger partial charge in [0.1, 0.15) is 0 Å². The van der Waals surface area contributed by atoms with Crippen molar-refractivity contribution >= 4 is 10.8 Å². The fourth-order valence-corrected chi connectivity index (χ4v) is 3.87. The maximum Gasteiger partial charge on any atom is 0.168 e. The molecule has 0 bridgehead atoms. The summed E-state index contributed by atoms with van der Waals surface area (Å²) in [5, 5.41) is 1.80. The van der Waals surface area contributed by atoms with Crippen LogP contribution in [0.15, 0.2) is 46.7 Å². The summed E-state index contributed by atoms with van der Waals surface area (Å²) in [5.41, 5.74) is 0. The van der Waals surface area contributed by atoms with Crippen LogP contribution in [0.2, 0.25) is 0 Å². The van der Waals surface area contributed by atoms with Gasteiger partial charge in [-0.3, -0.25) is 0 Å². The van der Waals surface area contributed by atoms with Crippen LogP contribution >= 0.6 is 0 Å². The van der Waals surface area contributed by atoms with Crippen molar-refractivity contribution in [3.05, 3.63) is 41.8 Å². The zero-order chi connectivity index (χ0) is 13.8. The molecule has 20 heavy (non-hydrogen) atoms. The molecule has 1 saturated carbocycles. The fourth-order valence-electron chi connectivity index (χ4n) is 3.00. The Morgan fingerprint density at radius 1 is 1.25 bits per heavy atom. The Hall–Kier alpha value is -0.970. The molecule has 0 aromatic heterocycles. The van der Waals surface area contributed by atoms with Crippen LogP contribution in [0.4, 0.5) is 0 Å². The molecule has 0 N–H and O–H groups in total. The second kappa shape index (κ2) is 6.20. The summed E-state index contributed by atoms with van der Waals surface area (Å²) in [5.74, 6) is 0.286. The van der Waals surface area contributed by atoms with Gasteiger partial charge in [-0.1, -0.05) is 24.3 Å². The summed E-state index contributed by atoms with van der Waals surface area (Å²) in [6, 6.07) is 9.55. The molecule has 2 unspecified atom stereocenters. The SMILES string of the molecule is O=S(/C=C/CC1CCC2(C1)OCCO2)c1ccccc1. The molecule has 0 amide bonds. The van der Waals surface area contributed by atoms with Crippen molar-refractivity contribution in [2.75, 3.05) is 13.2 Å². The van der Waals surface area contributed by atoms with Crippen molar-refractivity contribution in [3.8, 4) is 0 Å². The smallest absolute Gasteiger partial charge is 0.168 e. The number of benzene rings is 1. The third-order valence-corrected chi connectivity index (χ3v) is 5.19. The third-order valence-electron chi connectivity index (χ3n) is 4.01. The zero-order valence-electron chi connectivity index (χ0n) is 11.5. The van der Waals surface area contributed by atoms with Gasteiger partial charge in [-0.25, -0.2) is 4.21 Å². The van der Waals surface area contributed by atoms with E-state index < -0.39 is 10.8 Å². The molecular weight excluding hydrogens is 272 g/mol. The summed E-state index contributed by atoms with van der Waals surface area (Å²) in [6.45, 7) is 1.45. The zero-order valence-corrected chi connectivity index (χ0v) is 12.3. The second-order valence-corrected chi connectivity index (χ2v) is 6.77. The minimum atomic E-state index is -1.04. The molecule has 1 aliphatic carbocycles. The third kappa shape index (κ3) is 3.19. The van der Waals surface area contributed by atoms with Crippen molar-refractivity contribution in [1.29, 1.82) is 0 Å². The Labute approximate surface area is 122 Å². The summed E-state index contributed by atoms with van der Waals surface area (Å²) in [4.78, 5) is 0.856. The van der Waals surface area contributed by atoms with Gasteiger partial charge < -0.3 is 9.47 Å². The van der Waals surface area contributed by atoms with Gasteiger partial charge in [0.2, 0.25) is 0 Å². The Kier molecular flexibility index (Phi) is 4.34. The Bertz CT molecular complexity index is 492. The molecule has 3 nitrogen and oxygen atoms in total. The van der Waals surface area contributed by atoms with E-state index in [-0.39, 0.29) is 5.79 Å². The van der Waals surface area contributed by atoms with Crippen LogP contribution in [0.1, 0.15) is 25.7 Å². The fraction of sp³-hybridized carbons (Fsp3) is 0.500. The maximum absolute atomic E-state index is 12.0. The lowest BCUT2D eigenvalue weighted by molar-refractivity contribution is -0.152. The predicted molar refractivity (Wildman–Crippen MR) is 78.6 cm³/mol. The largest absolute Gasteiger partial charge is 0.348 e. The van der Waals surface area contributed by atoms with E-state index in [0.29, 0.717) is 5.92 Å². The lowest BCUT2D eigenvalue weighted by Crippen LogP contribution is -2.25. The molecule has 1 saturated heterocycles. The van der Waals surface area contributed by atoms with Crippen molar-refractivity contribution < 1.29 is 13.7 Å². The molecule has 1 aromatic rings. The summed E-state index contributed by atoms with van der Waals surface area (Å²) >= 11 is 0. The molecule has 2 atom stereocenters. The molecule has 4 heteroatoms. The summed E-state index contributed by atoms with van der Waals surface area (Å²) < 4.78 is 23.5. The highest BCUT2D eigenvalue weighted by molar-refractivity contribution is 7.88. The Balaban J connectivity index is 1.50. The normalized spacial score (nSPS) is 26.5. The standard InChI is InChI=1S/C16H20O3S/c17-20(15-6-2-1-3-7-15)12-4-5-14-8-9-16(13-14)18-10-11-19-16/h1-4,6-7,12,14H,5,8-11,13H2/b12-4+.